The van der Waals surface area contributed by atoms with E-state index in [1.165, 1.54) is 13.0 Å². The first-order valence-corrected chi connectivity index (χ1v) is 11.1. The minimum Gasteiger partial charge on any atom is -0.441 e. The van der Waals surface area contributed by atoms with Gasteiger partial charge >= 0.3 is 0 Å². The van der Waals surface area contributed by atoms with Crippen molar-refractivity contribution in [2.24, 2.45) is 0 Å². The van der Waals surface area contributed by atoms with Gasteiger partial charge in [-0.2, -0.15) is 4.72 Å². The summed E-state index contributed by atoms with van der Waals surface area (Å²) in [4.78, 5) is 16.6. The highest BCUT2D eigenvalue weighted by molar-refractivity contribution is 7.91. The normalized spacial score (nSPS) is 12.9. The summed E-state index contributed by atoms with van der Waals surface area (Å²) in [6, 6.07) is 9.21. The molecule has 0 saturated carbocycles. The number of amides is 1. The third-order valence-corrected chi connectivity index (χ3v) is 6.92. The maximum absolute atomic E-state index is 12.3. The fourth-order valence-corrected chi connectivity index (χ4v) is 4.61. The van der Waals surface area contributed by atoms with Crippen LogP contribution in [0.25, 0.3) is 11.5 Å². The number of benzene rings is 1. The van der Waals surface area contributed by atoms with Crippen LogP contribution in [0.2, 0.25) is 0 Å². The number of carbonyl (C=O) groups is 1. The molecule has 28 heavy (non-hydrogen) atoms. The molecule has 0 fully saturated rings. The van der Waals surface area contributed by atoms with Crippen molar-refractivity contribution in [1.82, 2.24) is 9.71 Å². The average molecular weight is 420 g/mol. The standard InChI is InChI=1S/C19H21N3O4S2/c1-12(2)16-11-20-19(26-16)14-6-8-15(9-7-14)21-18(23)13(3)22-28(24,25)17-5-4-10-27-17/h4-13,22H,1-3H3,(H,21,23). The first kappa shape index (κ1) is 20.2. The molecule has 1 unspecified atom stereocenters. The van der Waals surface area contributed by atoms with Crippen molar-refractivity contribution in [3.8, 4) is 11.5 Å². The number of aromatic nitrogens is 1. The number of thiophene rings is 1. The Labute approximate surface area is 167 Å². The molecular weight excluding hydrogens is 398 g/mol. The van der Waals surface area contributed by atoms with Gasteiger partial charge in [0, 0.05) is 17.2 Å². The van der Waals surface area contributed by atoms with E-state index in [1.54, 1.807) is 41.9 Å². The van der Waals surface area contributed by atoms with Crippen molar-refractivity contribution >= 4 is 33.0 Å². The number of anilines is 1. The van der Waals surface area contributed by atoms with Gasteiger partial charge < -0.3 is 9.73 Å². The van der Waals surface area contributed by atoms with Gasteiger partial charge in [0.15, 0.2) is 0 Å². The SMILES string of the molecule is CC(NS(=O)(=O)c1cccs1)C(=O)Nc1ccc(-c2ncc(C(C)C)o2)cc1. The van der Waals surface area contributed by atoms with Crippen LogP contribution in [-0.2, 0) is 14.8 Å². The summed E-state index contributed by atoms with van der Waals surface area (Å²) in [5, 5.41) is 4.36. The Hall–Kier alpha value is -2.49. The van der Waals surface area contributed by atoms with Crippen molar-refractivity contribution < 1.29 is 17.6 Å². The third-order valence-electron chi connectivity index (χ3n) is 3.98. The molecule has 148 valence electrons. The zero-order valence-electron chi connectivity index (χ0n) is 15.7. The van der Waals surface area contributed by atoms with Crippen molar-refractivity contribution in [3.63, 3.8) is 0 Å². The quantitative estimate of drug-likeness (QED) is 0.606. The fourth-order valence-electron chi connectivity index (χ4n) is 2.39. The lowest BCUT2D eigenvalue weighted by Gasteiger charge is -2.14. The second-order valence-corrected chi connectivity index (χ2v) is 9.45. The molecule has 7 nitrogen and oxygen atoms in total. The van der Waals surface area contributed by atoms with E-state index in [1.807, 2.05) is 13.8 Å². The zero-order chi connectivity index (χ0) is 20.3. The number of hydrogen-bond donors (Lipinski definition) is 2. The van der Waals surface area contributed by atoms with Crippen LogP contribution in [0.15, 0.2) is 56.6 Å². The summed E-state index contributed by atoms with van der Waals surface area (Å²) >= 11 is 1.09. The molecule has 0 spiro atoms. The van der Waals surface area contributed by atoms with Gasteiger partial charge in [-0.25, -0.2) is 13.4 Å². The molecule has 2 heterocycles. The van der Waals surface area contributed by atoms with Gasteiger partial charge in [-0.3, -0.25) is 4.79 Å². The largest absolute Gasteiger partial charge is 0.441 e. The number of nitrogens with one attached hydrogen (secondary N) is 2. The zero-order valence-corrected chi connectivity index (χ0v) is 17.3. The van der Waals surface area contributed by atoms with E-state index in [9.17, 15) is 13.2 Å². The van der Waals surface area contributed by atoms with Gasteiger partial charge in [-0.15, -0.1) is 11.3 Å². The lowest BCUT2D eigenvalue weighted by atomic mass is 10.2. The van der Waals surface area contributed by atoms with E-state index in [4.69, 9.17) is 4.42 Å². The molecule has 2 N–H and O–H groups in total. The van der Waals surface area contributed by atoms with Gasteiger partial charge in [0.2, 0.25) is 11.8 Å². The van der Waals surface area contributed by atoms with Gasteiger partial charge in [0.1, 0.15) is 9.97 Å². The molecule has 0 saturated heterocycles. The van der Waals surface area contributed by atoms with Crippen LogP contribution in [0.4, 0.5) is 5.69 Å². The van der Waals surface area contributed by atoms with Crippen LogP contribution in [0.1, 0.15) is 32.4 Å². The van der Waals surface area contributed by atoms with Gasteiger partial charge in [0.25, 0.3) is 10.0 Å². The van der Waals surface area contributed by atoms with Gasteiger partial charge in [-0.1, -0.05) is 19.9 Å². The molecule has 1 amide bonds. The maximum atomic E-state index is 12.3. The minimum absolute atomic E-state index is 0.170. The van der Waals surface area contributed by atoms with E-state index < -0.39 is 22.0 Å². The summed E-state index contributed by atoms with van der Waals surface area (Å²) in [5.74, 6) is 1.11. The molecule has 1 atom stereocenters. The predicted molar refractivity (Wildman–Crippen MR) is 109 cm³/mol. The highest BCUT2D eigenvalue weighted by Crippen LogP contribution is 2.24. The molecule has 3 rings (SSSR count). The van der Waals surface area contributed by atoms with Crippen LogP contribution >= 0.6 is 11.3 Å². The van der Waals surface area contributed by atoms with Crippen LogP contribution in [0, 0.1) is 0 Å². The molecule has 0 radical (unpaired) electrons. The third kappa shape index (κ3) is 4.67. The average Bonchev–Trinajstić information content (AvgIpc) is 3.34. The molecule has 0 aliphatic rings. The number of oxazole rings is 1. The lowest BCUT2D eigenvalue weighted by Crippen LogP contribution is -2.41. The summed E-state index contributed by atoms with van der Waals surface area (Å²) in [7, 11) is -3.71. The van der Waals surface area contributed by atoms with Gasteiger partial charge in [0.05, 0.1) is 12.2 Å². The second kappa shape index (κ2) is 8.26. The Kier molecular flexibility index (Phi) is 5.97. The van der Waals surface area contributed by atoms with E-state index in [0.717, 1.165) is 22.7 Å². The van der Waals surface area contributed by atoms with Crippen molar-refractivity contribution in [2.45, 2.75) is 36.9 Å². The van der Waals surface area contributed by atoms with E-state index in [-0.39, 0.29) is 10.1 Å². The number of nitrogens with zero attached hydrogens (tertiary/aromatic N) is 1. The summed E-state index contributed by atoms with van der Waals surface area (Å²) in [6.45, 7) is 5.54. The molecule has 9 heteroatoms. The monoisotopic (exact) mass is 419 g/mol. The van der Waals surface area contributed by atoms with Crippen LogP contribution in [0.5, 0.6) is 0 Å². The maximum Gasteiger partial charge on any atom is 0.250 e. The summed E-state index contributed by atoms with van der Waals surface area (Å²) < 4.78 is 32.7. The number of carbonyl (C=O) groups excluding carboxylic acids is 1. The second-order valence-electron chi connectivity index (χ2n) is 6.56. The molecular formula is C19H21N3O4S2. The molecule has 0 bridgehead atoms. The fraction of sp³-hybridized carbons (Fsp3) is 0.263. The van der Waals surface area contributed by atoms with Crippen LogP contribution < -0.4 is 10.0 Å². The highest BCUT2D eigenvalue weighted by atomic mass is 32.2. The predicted octanol–water partition coefficient (Wildman–Crippen LogP) is 3.83. The minimum atomic E-state index is -3.71. The Morgan fingerprint density at radius 1 is 1.14 bits per heavy atom. The van der Waals surface area contributed by atoms with Crippen LogP contribution in [0.3, 0.4) is 0 Å². The number of hydrogen-bond acceptors (Lipinski definition) is 6. The Morgan fingerprint density at radius 3 is 2.43 bits per heavy atom. The summed E-state index contributed by atoms with van der Waals surface area (Å²) in [5.41, 5.74) is 1.34. The van der Waals surface area contributed by atoms with Crippen molar-refractivity contribution in [2.75, 3.05) is 5.32 Å². The molecule has 1 aromatic carbocycles. The Bertz CT molecular complexity index is 1040. The van der Waals surface area contributed by atoms with E-state index >= 15 is 0 Å². The molecule has 3 aromatic rings. The van der Waals surface area contributed by atoms with E-state index in [0.29, 0.717) is 11.6 Å². The highest BCUT2D eigenvalue weighted by Gasteiger charge is 2.22. The van der Waals surface area contributed by atoms with Crippen molar-refractivity contribution in [3.05, 3.63) is 53.7 Å². The van der Waals surface area contributed by atoms with Crippen LogP contribution in [-0.4, -0.2) is 25.4 Å². The summed E-state index contributed by atoms with van der Waals surface area (Å²) in [6.07, 6.45) is 1.71. The molecule has 0 aliphatic carbocycles. The molecule has 2 aromatic heterocycles. The first-order valence-electron chi connectivity index (χ1n) is 8.69. The topological polar surface area (TPSA) is 101 Å². The molecule has 0 aliphatic heterocycles. The van der Waals surface area contributed by atoms with Crippen molar-refractivity contribution in [1.29, 1.82) is 0 Å². The smallest absolute Gasteiger partial charge is 0.250 e. The number of rotatable bonds is 7. The Balaban J connectivity index is 1.64. The van der Waals surface area contributed by atoms with E-state index in [2.05, 4.69) is 15.0 Å². The van der Waals surface area contributed by atoms with Gasteiger partial charge in [-0.05, 0) is 42.6 Å². The first-order chi connectivity index (χ1) is 13.3. The Morgan fingerprint density at radius 2 is 1.86 bits per heavy atom. The number of sulfonamides is 1. The lowest BCUT2D eigenvalue weighted by molar-refractivity contribution is -0.117.